The largest absolute Gasteiger partial charge is 0.483 e. The van der Waals surface area contributed by atoms with Crippen LogP contribution in [0.5, 0.6) is 5.75 Å². The van der Waals surface area contributed by atoms with Crippen molar-refractivity contribution in [1.82, 2.24) is 10.3 Å². The Morgan fingerprint density at radius 1 is 1.24 bits per heavy atom. The number of ether oxygens (including phenoxy) is 1. The van der Waals surface area contributed by atoms with Gasteiger partial charge in [-0.25, -0.2) is 4.98 Å². The molecule has 0 fully saturated rings. The van der Waals surface area contributed by atoms with Crippen LogP contribution in [0.1, 0.15) is 46.0 Å². The van der Waals surface area contributed by atoms with Gasteiger partial charge >= 0.3 is 0 Å². The fraction of sp³-hybridized carbons (Fsp3) is 0.500. The van der Waals surface area contributed by atoms with Gasteiger partial charge in [0.25, 0.3) is 5.91 Å². The van der Waals surface area contributed by atoms with Crippen molar-refractivity contribution in [3.05, 3.63) is 44.9 Å². The van der Waals surface area contributed by atoms with Crippen LogP contribution in [0.15, 0.2) is 18.2 Å². The molecule has 1 amide bonds. The number of rotatable bonds is 7. The molecule has 1 aromatic carbocycles. The number of aryl methyl sites for hydroxylation is 5. The second-order valence-corrected chi connectivity index (χ2v) is 7.82. The molecule has 0 saturated carbocycles. The second-order valence-electron chi connectivity index (χ2n) is 6.65. The van der Waals surface area contributed by atoms with E-state index in [4.69, 9.17) is 9.72 Å². The number of nitrogens with one attached hydrogen (secondary N) is 1. The standard InChI is InChI=1S/C20H26N2O2S/c1-14-7-5-8-15(2)20(14)24-13-18(23)21-12-6-11-19-22-16-9-3-4-10-17(16)25-19/h5,7-8H,3-4,6,9-13H2,1-2H3,(H,21,23). The molecule has 0 bridgehead atoms. The highest BCUT2D eigenvalue weighted by Crippen LogP contribution is 2.27. The van der Waals surface area contributed by atoms with Crippen LogP contribution in [0.4, 0.5) is 0 Å². The Kier molecular flexibility index (Phi) is 6.08. The van der Waals surface area contributed by atoms with Gasteiger partial charge in [-0.1, -0.05) is 18.2 Å². The van der Waals surface area contributed by atoms with Crippen LogP contribution in [0.2, 0.25) is 0 Å². The van der Waals surface area contributed by atoms with Gasteiger partial charge in [-0.2, -0.15) is 0 Å². The zero-order valence-electron chi connectivity index (χ0n) is 15.1. The minimum Gasteiger partial charge on any atom is -0.483 e. The number of benzene rings is 1. The van der Waals surface area contributed by atoms with E-state index in [0.717, 1.165) is 36.1 Å². The molecular formula is C20H26N2O2S. The van der Waals surface area contributed by atoms with Gasteiger partial charge < -0.3 is 10.1 Å². The Bertz CT molecular complexity index is 696. The lowest BCUT2D eigenvalue weighted by Crippen LogP contribution is -2.30. The Balaban J connectivity index is 1.37. The third kappa shape index (κ3) is 4.82. The molecule has 2 aromatic rings. The van der Waals surface area contributed by atoms with Crippen LogP contribution in [-0.4, -0.2) is 24.0 Å². The second kappa shape index (κ2) is 8.48. The van der Waals surface area contributed by atoms with E-state index in [1.54, 1.807) is 0 Å². The Labute approximate surface area is 153 Å². The maximum Gasteiger partial charge on any atom is 0.257 e. The summed E-state index contributed by atoms with van der Waals surface area (Å²) in [6.07, 6.45) is 6.76. The van der Waals surface area contributed by atoms with Crippen molar-refractivity contribution >= 4 is 17.2 Å². The van der Waals surface area contributed by atoms with Gasteiger partial charge in [0.1, 0.15) is 5.75 Å². The summed E-state index contributed by atoms with van der Waals surface area (Å²) >= 11 is 1.86. The van der Waals surface area contributed by atoms with E-state index in [0.29, 0.717) is 6.54 Å². The quantitative estimate of drug-likeness (QED) is 0.767. The fourth-order valence-electron chi connectivity index (χ4n) is 3.20. The van der Waals surface area contributed by atoms with Crippen molar-refractivity contribution in [2.75, 3.05) is 13.2 Å². The van der Waals surface area contributed by atoms with Crippen LogP contribution in [0.3, 0.4) is 0 Å². The SMILES string of the molecule is Cc1cccc(C)c1OCC(=O)NCCCc1nc2c(s1)CCCC2. The van der Waals surface area contributed by atoms with Crippen molar-refractivity contribution in [3.8, 4) is 5.75 Å². The van der Waals surface area contributed by atoms with E-state index in [1.807, 2.05) is 43.4 Å². The fourth-order valence-corrected chi connectivity index (χ4v) is 4.39. The summed E-state index contributed by atoms with van der Waals surface area (Å²) in [5, 5.41) is 4.15. The molecule has 5 heteroatoms. The maximum atomic E-state index is 12.0. The van der Waals surface area contributed by atoms with Gasteiger partial charge in [-0.05, 0) is 57.1 Å². The highest BCUT2D eigenvalue weighted by molar-refractivity contribution is 7.11. The summed E-state index contributed by atoms with van der Waals surface area (Å²) in [6.45, 7) is 4.72. The first-order valence-electron chi connectivity index (χ1n) is 9.06. The number of para-hydroxylation sites is 1. The van der Waals surface area contributed by atoms with E-state index < -0.39 is 0 Å². The lowest BCUT2D eigenvalue weighted by molar-refractivity contribution is -0.123. The molecular weight excluding hydrogens is 332 g/mol. The molecule has 0 aliphatic heterocycles. The maximum absolute atomic E-state index is 12.0. The number of fused-ring (bicyclic) bond motifs is 1. The first-order valence-corrected chi connectivity index (χ1v) is 9.88. The number of thiazole rings is 1. The summed E-state index contributed by atoms with van der Waals surface area (Å²) in [7, 11) is 0. The van der Waals surface area contributed by atoms with Crippen molar-refractivity contribution in [2.24, 2.45) is 0 Å². The molecule has 0 spiro atoms. The first-order chi connectivity index (χ1) is 12.1. The van der Waals surface area contributed by atoms with Crippen molar-refractivity contribution in [3.63, 3.8) is 0 Å². The minimum absolute atomic E-state index is 0.0667. The van der Waals surface area contributed by atoms with Crippen LogP contribution in [0, 0.1) is 13.8 Å². The molecule has 0 atom stereocenters. The number of aromatic nitrogens is 1. The van der Waals surface area contributed by atoms with Gasteiger partial charge in [0.15, 0.2) is 6.61 Å². The molecule has 25 heavy (non-hydrogen) atoms. The number of amides is 1. The smallest absolute Gasteiger partial charge is 0.257 e. The Morgan fingerprint density at radius 2 is 2.00 bits per heavy atom. The Morgan fingerprint density at radius 3 is 2.76 bits per heavy atom. The van der Waals surface area contributed by atoms with E-state index in [9.17, 15) is 4.79 Å². The van der Waals surface area contributed by atoms with Crippen molar-refractivity contribution in [2.45, 2.75) is 52.4 Å². The lowest BCUT2D eigenvalue weighted by Gasteiger charge is -2.11. The van der Waals surface area contributed by atoms with Crippen LogP contribution in [-0.2, 0) is 24.1 Å². The number of carbonyl (C=O) groups is 1. The van der Waals surface area contributed by atoms with Crippen LogP contribution >= 0.6 is 11.3 Å². The average molecular weight is 359 g/mol. The normalized spacial score (nSPS) is 13.4. The predicted molar refractivity (Wildman–Crippen MR) is 101 cm³/mol. The van der Waals surface area contributed by atoms with E-state index in [2.05, 4.69) is 5.32 Å². The van der Waals surface area contributed by atoms with Gasteiger partial charge in [0.05, 0.1) is 10.7 Å². The molecule has 3 rings (SSSR count). The molecule has 0 radical (unpaired) electrons. The van der Waals surface area contributed by atoms with Crippen molar-refractivity contribution < 1.29 is 9.53 Å². The summed E-state index contributed by atoms with van der Waals surface area (Å²) in [5.41, 5.74) is 3.43. The molecule has 0 unspecified atom stereocenters. The number of hydrogen-bond donors (Lipinski definition) is 1. The summed E-state index contributed by atoms with van der Waals surface area (Å²) < 4.78 is 5.68. The topological polar surface area (TPSA) is 51.2 Å². The van der Waals surface area contributed by atoms with Gasteiger partial charge in [-0.15, -0.1) is 11.3 Å². The minimum atomic E-state index is -0.0684. The van der Waals surface area contributed by atoms with Gasteiger partial charge in [0, 0.05) is 17.8 Å². The molecule has 4 nitrogen and oxygen atoms in total. The number of hydrogen-bond acceptors (Lipinski definition) is 4. The highest BCUT2D eigenvalue weighted by atomic mass is 32.1. The molecule has 1 heterocycles. The molecule has 134 valence electrons. The first kappa shape index (κ1) is 17.9. The lowest BCUT2D eigenvalue weighted by atomic mass is 10.0. The van der Waals surface area contributed by atoms with E-state index in [1.165, 1.54) is 34.8 Å². The van der Waals surface area contributed by atoms with E-state index >= 15 is 0 Å². The highest BCUT2D eigenvalue weighted by Gasteiger charge is 2.14. The van der Waals surface area contributed by atoms with Crippen molar-refractivity contribution in [1.29, 1.82) is 0 Å². The predicted octanol–water partition coefficient (Wildman–Crippen LogP) is 3.77. The number of nitrogens with zero attached hydrogens (tertiary/aromatic N) is 1. The number of carbonyl (C=O) groups excluding carboxylic acids is 1. The third-order valence-electron chi connectivity index (χ3n) is 4.54. The Hall–Kier alpha value is -1.88. The average Bonchev–Trinajstić information content (AvgIpc) is 3.01. The zero-order valence-corrected chi connectivity index (χ0v) is 15.9. The summed E-state index contributed by atoms with van der Waals surface area (Å²) in [6, 6.07) is 5.98. The third-order valence-corrected chi connectivity index (χ3v) is 5.75. The molecule has 1 N–H and O–H groups in total. The van der Waals surface area contributed by atoms with Gasteiger partial charge in [-0.3, -0.25) is 4.79 Å². The molecule has 1 aliphatic carbocycles. The van der Waals surface area contributed by atoms with Crippen LogP contribution < -0.4 is 10.1 Å². The monoisotopic (exact) mass is 358 g/mol. The zero-order chi connectivity index (χ0) is 17.6. The van der Waals surface area contributed by atoms with Gasteiger partial charge in [0.2, 0.25) is 0 Å². The summed E-state index contributed by atoms with van der Waals surface area (Å²) in [5.74, 6) is 0.743. The molecule has 1 aromatic heterocycles. The summed E-state index contributed by atoms with van der Waals surface area (Å²) in [4.78, 5) is 18.2. The van der Waals surface area contributed by atoms with E-state index in [-0.39, 0.29) is 12.5 Å². The molecule has 0 saturated heterocycles. The van der Waals surface area contributed by atoms with Crippen LogP contribution in [0.25, 0.3) is 0 Å². The molecule has 1 aliphatic rings.